The number of anilines is 1. The molecule has 30 heavy (non-hydrogen) atoms. The Hall–Kier alpha value is -4.07. The summed E-state index contributed by atoms with van der Waals surface area (Å²) < 4.78 is 16.1. The summed E-state index contributed by atoms with van der Waals surface area (Å²) in [6.07, 6.45) is 0. The van der Waals surface area contributed by atoms with Gasteiger partial charge in [-0.15, -0.1) is 0 Å². The van der Waals surface area contributed by atoms with Crippen molar-refractivity contribution in [1.82, 2.24) is 0 Å². The minimum absolute atomic E-state index is 0.0158. The number of hydrogen-bond acceptors (Lipinski definition) is 8. The highest BCUT2D eigenvalue weighted by molar-refractivity contribution is 6.12. The minimum Gasteiger partial charge on any atom is -0.466 e. The Labute approximate surface area is 170 Å². The lowest BCUT2D eigenvalue weighted by molar-refractivity contribution is -0.142. The molecule has 0 aliphatic carbocycles. The van der Waals surface area contributed by atoms with Gasteiger partial charge in [0, 0.05) is 18.3 Å². The van der Waals surface area contributed by atoms with Gasteiger partial charge in [-0.25, -0.2) is 14.4 Å². The van der Waals surface area contributed by atoms with Crippen LogP contribution in [0.2, 0.25) is 0 Å². The van der Waals surface area contributed by atoms with E-state index in [0.29, 0.717) is 16.6 Å². The van der Waals surface area contributed by atoms with Gasteiger partial charge in [0.2, 0.25) is 0 Å². The van der Waals surface area contributed by atoms with E-state index in [0.717, 1.165) is 0 Å². The van der Waals surface area contributed by atoms with Crippen LogP contribution in [-0.2, 0) is 19.7 Å². The Morgan fingerprint density at radius 3 is 2.57 bits per heavy atom. The molecule has 2 aliphatic rings. The summed E-state index contributed by atoms with van der Waals surface area (Å²) in [4.78, 5) is 41.2. The van der Waals surface area contributed by atoms with E-state index in [4.69, 9.17) is 19.6 Å². The standard InChI is InChI=1S/C22H16N2O6/c1-24-13-9-5-4-8-12(13)22(16(18(24)23)19(25)28-2)15-17(30-21(22)27)11-7-3-6-10-14(11)29-20(15)26/h3-10H,23H2,1-2H3/t22-/m0/s1. The number of carbonyl (C=O) groups excluding carboxylic acids is 2. The van der Waals surface area contributed by atoms with Gasteiger partial charge < -0.3 is 24.5 Å². The van der Waals surface area contributed by atoms with Crippen LogP contribution in [-0.4, -0.2) is 26.1 Å². The van der Waals surface area contributed by atoms with E-state index in [-0.39, 0.29) is 28.3 Å². The Bertz CT molecular complexity index is 1360. The van der Waals surface area contributed by atoms with Gasteiger partial charge in [-0.05, 0) is 18.2 Å². The molecular formula is C22H16N2O6. The normalized spacial score (nSPS) is 19.7. The van der Waals surface area contributed by atoms with Gasteiger partial charge in [0.05, 0.1) is 12.5 Å². The summed E-state index contributed by atoms with van der Waals surface area (Å²) in [5.74, 6) is -1.62. The fourth-order valence-electron chi connectivity index (χ4n) is 4.36. The molecule has 0 bridgehead atoms. The summed E-state index contributed by atoms with van der Waals surface area (Å²) in [6.45, 7) is 0. The molecule has 1 spiro atoms. The van der Waals surface area contributed by atoms with Crippen molar-refractivity contribution in [3.8, 4) is 5.75 Å². The molecule has 2 aromatic carbocycles. The molecular weight excluding hydrogens is 388 g/mol. The van der Waals surface area contributed by atoms with E-state index in [1.807, 2.05) is 0 Å². The fourth-order valence-corrected chi connectivity index (χ4v) is 4.36. The third-order valence-electron chi connectivity index (χ3n) is 5.69. The highest BCUT2D eigenvalue weighted by Gasteiger charge is 2.62. The van der Waals surface area contributed by atoms with Crippen molar-refractivity contribution in [3.05, 3.63) is 81.5 Å². The second-order valence-electron chi connectivity index (χ2n) is 7.06. The molecule has 0 saturated heterocycles. The summed E-state index contributed by atoms with van der Waals surface area (Å²) in [6, 6.07) is 13.6. The first kappa shape index (κ1) is 18.0. The first-order valence-corrected chi connectivity index (χ1v) is 9.13. The largest absolute Gasteiger partial charge is 0.466 e. The topological polar surface area (TPSA) is 112 Å². The highest BCUT2D eigenvalue weighted by Crippen LogP contribution is 2.55. The second-order valence-corrected chi connectivity index (χ2v) is 7.06. The molecule has 3 aromatic rings. The van der Waals surface area contributed by atoms with Crippen LogP contribution in [0.4, 0.5) is 5.69 Å². The number of fused-ring (bicyclic) bond motifs is 6. The molecule has 0 fully saturated rings. The van der Waals surface area contributed by atoms with Crippen LogP contribution in [0.15, 0.2) is 69.1 Å². The zero-order chi connectivity index (χ0) is 21.2. The molecule has 150 valence electrons. The Morgan fingerprint density at radius 1 is 1.10 bits per heavy atom. The van der Waals surface area contributed by atoms with Gasteiger partial charge in [-0.3, -0.25) is 0 Å². The van der Waals surface area contributed by atoms with Crippen molar-refractivity contribution in [3.63, 3.8) is 0 Å². The molecule has 8 nitrogen and oxygen atoms in total. The van der Waals surface area contributed by atoms with Gasteiger partial charge in [0.25, 0.3) is 0 Å². The maximum Gasteiger partial charge on any atom is 0.345 e. The van der Waals surface area contributed by atoms with Gasteiger partial charge in [0.15, 0.2) is 11.2 Å². The molecule has 1 aromatic heterocycles. The highest BCUT2D eigenvalue weighted by atomic mass is 16.5. The predicted molar refractivity (Wildman–Crippen MR) is 107 cm³/mol. The van der Waals surface area contributed by atoms with Crippen LogP contribution < -0.4 is 21.0 Å². The number of carbonyl (C=O) groups is 2. The lowest BCUT2D eigenvalue weighted by Crippen LogP contribution is -2.49. The van der Waals surface area contributed by atoms with Crippen LogP contribution in [0, 0.1) is 0 Å². The molecule has 5 rings (SSSR count). The van der Waals surface area contributed by atoms with Gasteiger partial charge in [-0.1, -0.05) is 30.3 Å². The first-order chi connectivity index (χ1) is 14.4. The van der Waals surface area contributed by atoms with Crippen LogP contribution in [0.5, 0.6) is 5.75 Å². The van der Waals surface area contributed by atoms with E-state index < -0.39 is 23.0 Å². The molecule has 0 amide bonds. The molecule has 0 saturated carbocycles. The van der Waals surface area contributed by atoms with E-state index in [1.54, 1.807) is 60.5 Å². The summed E-state index contributed by atoms with van der Waals surface area (Å²) in [5, 5.41) is 0.441. The second kappa shape index (κ2) is 5.96. The minimum atomic E-state index is -1.90. The average molecular weight is 404 g/mol. The van der Waals surface area contributed by atoms with E-state index in [1.165, 1.54) is 7.11 Å². The number of ether oxygens (including phenoxy) is 2. The van der Waals surface area contributed by atoms with Crippen molar-refractivity contribution >= 4 is 28.6 Å². The quantitative estimate of drug-likeness (QED) is 0.483. The number of rotatable bonds is 1. The SMILES string of the molecule is COC(=O)C1=C(N)N(C)c2ccccc2[C@@]12C(=O)Oc1c2c(=O)oc2ccccc12. The third-order valence-corrected chi connectivity index (χ3v) is 5.69. The monoisotopic (exact) mass is 404 g/mol. The van der Waals surface area contributed by atoms with Crippen LogP contribution in [0.3, 0.4) is 0 Å². The number of nitrogens with two attached hydrogens (primary N) is 1. The maximum atomic E-state index is 13.5. The average Bonchev–Trinajstić information content (AvgIpc) is 3.06. The fraction of sp³-hybridized carbons (Fsp3) is 0.136. The molecule has 3 heterocycles. The number of methoxy groups -OCH3 is 1. The number of esters is 2. The van der Waals surface area contributed by atoms with E-state index in [2.05, 4.69) is 0 Å². The summed E-state index contributed by atoms with van der Waals surface area (Å²) >= 11 is 0. The van der Waals surface area contributed by atoms with Crippen molar-refractivity contribution < 1.29 is 23.5 Å². The van der Waals surface area contributed by atoms with Gasteiger partial charge in [0.1, 0.15) is 22.5 Å². The summed E-state index contributed by atoms with van der Waals surface area (Å²) in [5.41, 5.74) is 4.56. The molecule has 0 unspecified atom stereocenters. The molecule has 0 radical (unpaired) electrons. The smallest absolute Gasteiger partial charge is 0.345 e. The number of nitrogens with zero attached hydrogens (tertiary/aromatic N) is 1. The van der Waals surface area contributed by atoms with E-state index in [9.17, 15) is 14.4 Å². The Morgan fingerprint density at radius 2 is 1.80 bits per heavy atom. The van der Waals surface area contributed by atoms with Gasteiger partial charge in [-0.2, -0.15) is 0 Å². The van der Waals surface area contributed by atoms with Crippen molar-refractivity contribution in [2.75, 3.05) is 19.1 Å². The predicted octanol–water partition coefficient (Wildman–Crippen LogP) is 1.79. The Balaban J connectivity index is 2.01. The van der Waals surface area contributed by atoms with Crippen LogP contribution in [0.1, 0.15) is 11.1 Å². The Kier molecular flexibility index (Phi) is 3.58. The van der Waals surface area contributed by atoms with Gasteiger partial charge >= 0.3 is 17.6 Å². The first-order valence-electron chi connectivity index (χ1n) is 9.13. The van der Waals surface area contributed by atoms with E-state index >= 15 is 0 Å². The zero-order valence-electron chi connectivity index (χ0n) is 16.1. The number of para-hydroxylation sites is 2. The molecule has 2 N–H and O–H groups in total. The van der Waals surface area contributed by atoms with Crippen molar-refractivity contribution in [2.45, 2.75) is 5.41 Å². The zero-order valence-corrected chi connectivity index (χ0v) is 16.1. The lowest BCUT2D eigenvalue weighted by atomic mass is 9.67. The number of hydrogen-bond donors (Lipinski definition) is 1. The van der Waals surface area contributed by atoms with Crippen molar-refractivity contribution in [1.29, 1.82) is 0 Å². The maximum absolute atomic E-state index is 13.5. The molecule has 1 atom stereocenters. The van der Waals surface area contributed by atoms with Crippen molar-refractivity contribution in [2.24, 2.45) is 5.73 Å². The van der Waals surface area contributed by atoms with Crippen LogP contribution in [0.25, 0.3) is 11.0 Å². The molecule has 8 heteroatoms. The van der Waals surface area contributed by atoms with Crippen LogP contribution >= 0.6 is 0 Å². The molecule has 2 aliphatic heterocycles. The third kappa shape index (κ3) is 1.97. The number of benzene rings is 2. The summed E-state index contributed by atoms with van der Waals surface area (Å²) in [7, 11) is 2.84. The lowest BCUT2D eigenvalue weighted by Gasteiger charge is -2.38.